The molecule has 2 aromatic rings. The summed E-state index contributed by atoms with van der Waals surface area (Å²) in [7, 11) is 0. The summed E-state index contributed by atoms with van der Waals surface area (Å²) in [4.78, 5) is 1.38. The molecule has 0 fully saturated rings. The van der Waals surface area contributed by atoms with Crippen molar-refractivity contribution in [2.75, 3.05) is 13.2 Å². The zero-order chi connectivity index (χ0) is 14.7. The Morgan fingerprint density at radius 2 is 2.24 bits per heavy atom. The molecule has 0 saturated heterocycles. The molecule has 1 aliphatic heterocycles. The van der Waals surface area contributed by atoms with E-state index >= 15 is 0 Å². The Bertz CT molecular complexity index is 592. The molecule has 2 heterocycles. The van der Waals surface area contributed by atoms with Crippen LogP contribution in [0.5, 0.6) is 5.75 Å². The highest BCUT2D eigenvalue weighted by Crippen LogP contribution is 2.42. The second-order valence-corrected chi connectivity index (χ2v) is 6.82. The van der Waals surface area contributed by atoms with E-state index < -0.39 is 0 Å². The molecular weight excluding hydrogens is 278 g/mol. The SMILES string of the molecule is CCCNC(c1csc(C)c1)C1CCOc2ccccc21. The quantitative estimate of drug-likeness (QED) is 0.867. The summed E-state index contributed by atoms with van der Waals surface area (Å²) in [5, 5.41) is 6.07. The zero-order valence-corrected chi connectivity index (χ0v) is 13.6. The van der Waals surface area contributed by atoms with Gasteiger partial charge in [0.25, 0.3) is 0 Å². The van der Waals surface area contributed by atoms with Crippen LogP contribution in [0.15, 0.2) is 35.7 Å². The van der Waals surface area contributed by atoms with Gasteiger partial charge in [-0.2, -0.15) is 0 Å². The summed E-state index contributed by atoms with van der Waals surface area (Å²) < 4.78 is 5.82. The minimum absolute atomic E-state index is 0.389. The lowest BCUT2D eigenvalue weighted by Gasteiger charge is -2.33. The molecule has 3 rings (SSSR count). The lowest BCUT2D eigenvalue weighted by atomic mass is 9.84. The Balaban J connectivity index is 1.93. The molecule has 0 bridgehead atoms. The summed E-state index contributed by atoms with van der Waals surface area (Å²) in [6.07, 6.45) is 2.23. The van der Waals surface area contributed by atoms with E-state index in [0.29, 0.717) is 12.0 Å². The third-order valence-corrected chi connectivity index (χ3v) is 5.01. The third-order valence-electron chi connectivity index (χ3n) is 4.13. The van der Waals surface area contributed by atoms with Crippen LogP contribution in [0.1, 0.15) is 47.7 Å². The van der Waals surface area contributed by atoms with E-state index in [1.165, 1.54) is 16.0 Å². The van der Waals surface area contributed by atoms with Crippen LogP contribution in [0.2, 0.25) is 0 Å². The zero-order valence-electron chi connectivity index (χ0n) is 12.8. The molecule has 21 heavy (non-hydrogen) atoms. The smallest absolute Gasteiger partial charge is 0.122 e. The van der Waals surface area contributed by atoms with Crippen molar-refractivity contribution >= 4 is 11.3 Å². The molecule has 1 N–H and O–H groups in total. The predicted molar refractivity (Wildman–Crippen MR) is 89.4 cm³/mol. The minimum atomic E-state index is 0.389. The van der Waals surface area contributed by atoms with Gasteiger partial charge in [0.15, 0.2) is 0 Å². The van der Waals surface area contributed by atoms with Crippen molar-refractivity contribution in [3.05, 3.63) is 51.7 Å². The van der Waals surface area contributed by atoms with Gasteiger partial charge in [0.1, 0.15) is 5.75 Å². The van der Waals surface area contributed by atoms with E-state index in [-0.39, 0.29) is 0 Å². The number of ether oxygens (including phenoxy) is 1. The highest BCUT2D eigenvalue weighted by atomic mass is 32.1. The van der Waals surface area contributed by atoms with Crippen molar-refractivity contribution in [1.82, 2.24) is 5.32 Å². The molecular formula is C18H23NOS. The average molecular weight is 301 g/mol. The second-order valence-electron chi connectivity index (χ2n) is 5.70. The number of hydrogen-bond donors (Lipinski definition) is 1. The molecule has 1 aromatic heterocycles. The summed E-state index contributed by atoms with van der Waals surface area (Å²) >= 11 is 1.84. The van der Waals surface area contributed by atoms with Crippen molar-refractivity contribution in [3.8, 4) is 5.75 Å². The molecule has 1 aliphatic rings. The molecule has 0 amide bonds. The van der Waals surface area contributed by atoms with Gasteiger partial charge in [0.2, 0.25) is 0 Å². The molecule has 2 atom stereocenters. The molecule has 0 spiro atoms. The van der Waals surface area contributed by atoms with Gasteiger partial charge in [-0.3, -0.25) is 0 Å². The van der Waals surface area contributed by atoms with Crippen LogP contribution >= 0.6 is 11.3 Å². The first kappa shape index (κ1) is 14.6. The largest absolute Gasteiger partial charge is 0.493 e. The maximum absolute atomic E-state index is 5.82. The van der Waals surface area contributed by atoms with Gasteiger partial charge in [-0.05, 0) is 54.9 Å². The number of benzene rings is 1. The van der Waals surface area contributed by atoms with E-state index in [9.17, 15) is 0 Å². The van der Waals surface area contributed by atoms with Gasteiger partial charge < -0.3 is 10.1 Å². The van der Waals surface area contributed by atoms with E-state index in [0.717, 1.165) is 31.7 Å². The number of aryl methyl sites for hydroxylation is 1. The molecule has 3 heteroatoms. The highest BCUT2D eigenvalue weighted by Gasteiger charge is 2.29. The maximum Gasteiger partial charge on any atom is 0.122 e. The van der Waals surface area contributed by atoms with Gasteiger partial charge >= 0.3 is 0 Å². The van der Waals surface area contributed by atoms with Gasteiger partial charge in [0, 0.05) is 16.8 Å². The van der Waals surface area contributed by atoms with Crippen LogP contribution < -0.4 is 10.1 Å². The van der Waals surface area contributed by atoms with Crippen molar-refractivity contribution in [2.45, 2.75) is 38.6 Å². The van der Waals surface area contributed by atoms with Crippen LogP contribution in [0.25, 0.3) is 0 Å². The Morgan fingerprint density at radius 1 is 1.38 bits per heavy atom. The fourth-order valence-corrected chi connectivity index (χ4v) is 3.88. The highest BCUT2D eigenvalue weighted by molar-refractivity contribution is 7.10. The summed E-state index contributed by atoms with van der Waals surface area (Å²) in [5.74, 6) is 1.56. The van der Waals surface area contributed by atoms with Crippen molar-refractivity contribution < 1.29 is 4.74 Å². The van der Waals surface area contributed by atoms with Crippen LogP contribution in [0.3, 0.4) is 0 Å². The topological polar surface area (TPSA) is 21.3 Å². The van der Waals surface area contributed by atoms with Crippen LogP contribution in [0, 0.1) is 6.92 Å². The summed E-state index contributed by atoms with van der Waals surface area (Å²) in [5.41, 5.74) is 2.77. The number of thiophene rings is 1. The van der Waals surface area contributed by atoms with Crippen molar-refractivity contribution in [2.24, 2.45) is 0 Å². The second kappa shape index (κ2) is 6.63. The van der Waals surface area contributed by atoms with E-state index in [1.54, 1.807) is 0 Å². The van der Waals surface area contributed by atoms with Gasteiger partial charge in [-0.25, -0.2) is 0 Å². The standard InChI is InChI=1S/C18H23NOS/c1-3-9-19-18(14-11-13(2)21-12-14)16-8-10-20-17-7-5-4-6-15(16)17/h4-7,11-12,16,18-19H,3,8-10H2,1-2H3. The molecule has 112 valence electrons. The predicted octanol–water partition coefficient (Wildman–Crippen LogP) is 4.66. The summed E-state index contributed by atoms with van der Waals surface area (Å²) in [6, 6.07) is 11.2. The lowest BCUT2D eigenvalue weighted by molar-refractivity contribution is 0.246. The first-order chi connectivity index (χ1) is 10.3. The Kier molecular flexibility index (Phi) is 4.61. The van der Waals surface area contributed by atoms with Gasteiger partial charge in [-0.1, -0.05) is 25.1 Å². The van der Waals surface area contributed by atoms with E-state index in [2.05, 4.69) is 54.9 Å². The lowest BCUT2D eigenvalue weighted by Crippen LogP contribution is -2.30. The summed E-state index contributed by atoms with van der Waals surface area (Å²) in [6.45, 7) is 6.28. The normalized spacial score (nSPS) is 18.9. The fraction of sp³-hybridized carbons (Fsp3) is 0.444. The Morgan fingerprint density at radius 3 is 3.00 bits per heavy atom. The van der Waals surface area contributed by atoms with Crippen molar-refractivity contribution in [3.63, 3.8) is 0 Å². The number of fused-ring (bicyclic) bond motifs is 1. The molecule has 0 radical (unpaired) electrons. The number of para-hydroxylation sites is 1. The average Bonchev–Trinajstić information content (AvgIpc) is 2.94. The van der Waals surface area contributed by atoms with Crippen LogP contribution in [-0.4, -0.2) is 13.2 Å². The van der Waals surface area contributed by atoms with Crippen molar-refractivity contribution in [1.29, 1.82) is 0 Å². The van der Waals surface area contributed by atoms with Crippen LogP contribution in [-0.2, 0) is 0 Å². The molecule has 0 saturated carbocycles. The monoisotopic (exact) mass is 301 g/mol. The van der Waals surface area contributed by atoms with Crippen LogP contribution in [0.4, 0.5) is 0 Å². The molecule has 1 aromatic carbocycles. The number of nitrogens with one attached hydrogen (secondary N) is 1. The fourth-order valence-electron chi connectivity index (χ4n) is 3.13. The van der Waals surface area contributed by atoms with E-state index in [1.807, 2.05) is 11.3 Å². The third kappa shape index (κ3) is 3.14. The first-order valence-electron chi connectivity index (χ1n) is 7.79. The minimum Gasteiger partial charge on any atom is -0.493 e. The maximum atomic E-state index is 5.82. The Labute approximate surface area is 131 Å². The molecule has 2 unspecified atom stereocenters. The van der Waals surface area contributed by atoms with E-state index in [4.69, 9.17) is 4.74 Å². The molecule has 2 nitrogen and oxygen atoms in total. The van der Waals surface area contributed by atoms with Gasteiger partial charge in [0.05, 0.1) is 6.61 Å². The first-order valence-corrected chi connectivity index (χ1v) is 8.67. The number of hydrogen-bond acceptors (Lipinski definition) is 3. The molecule has 0 aliphatic carbocycles. The number of rotatable bonds is 5. The Hall–Kier alpha value is -1.32. The van der Waals surface area contributed by atoms with Gasteiger partial charge in [-0.15, -0.1) is 11.3 Å².